The van der Waals surface area contributed by atoms with E-state index >= 15 is 0 Å². The summed E-state index contributed by atoms with van der Waals surface area (Å²) in [6, 6.07) is 12.6. The second kappa shape index (κ2) is 6.72. The van der Waals surface area contributed by atoms with Crippen LogP contribution in [-0.4, -0.2) is 18.2 Å². The van der Waals surface area contributed by atoms with Gasteiger partial charge in [-0.25, -0.2) is 4.39 Å². The number of halogens is 1. The Balaban J connectivity index is 2.20. The minimum Gasteiger partial charge on any atom is -0.387 e. The van der Waals surface area contributed by atoms with Crippen LogP contribution in [0, 0.1) is 19.7 Å². The number of benzene rings is 2. The number of nitrogens with zero attached hydrogens (tertiary/aromatic N) is 1. The maximum absolute atomic E-state index is 13.4. The van der Waals surface area contributed by atoms with Crippen LogP contribution in [0.5, 0.6) is 0 Å². The molecule has 0 heterocycles. The zero-order valence-corrected chi connectivity index (χ0v) is 12.8. The molecule has 0 fully saturated rings. The molecular formula is C18H22FNO. The van der Waals surface area contributed by atoms with Crippen LogP contribution in [0.3, 0.4) is 0 Å². The van der Waals surface area contributed by atoms with Crippen molar-refractivity contribution in [1.82, 2.24) is 0 Å². The van der Waals surface area contributed by atoms with E-state index in [9.17, 15) is 9.50 Å². The van der Waals surface area contributed by atoms with Gasteiger partial charge in [-0.05, 0) is 50.1 Å². The third kappa shape index (κ3) is 3.82. The molecule has 2 aromatic rings. The van der Waals surface area contributed by atoms with Crippen molar-refractivity contribution < 1.29 is 9.50 Å². The lowest BCUT2D eigenvalue weighted by Crippen LogP contribution is -2.28. The summed E-state index contributed by atoms with van der Waals surface area (Å²) in [6.07, 6.45) is -0.590. The molecule has 0 aliphatic heterocycles. The number of likely N-dealkylation sites (N-methyl/N-ethyl adjacent to an activating group) is 1. The van der Waals surface area contributed by atoms with Crippen molar-refractivity contribution in [2.75, 3.05) is 18.0 Å². The zero-order chi connectivity index (χ0) is 15.4. The number of hydrogen-bond acceptors (Lipinski definition) is 2. The molecule has 21 heavy (non-hydrogen) atoms. The van der Waals surface area contributed by atoms with Crippen LogP contribution in [0.1, 0.15) is 29.7 Å². The van der Waals surface area contributed by atoms with Gasteiger partial charge in [0.05, 0.1) is 6.10 Å². The highest BCUT2D eigenvalue weighted by atomic mass is 19.1. The van der Waals surface area contributed by atoms with Crippen molar-refractivity contribution in [2.24, 2.45) is 0 Å². The van der Waals surface area contributed by atoms with Gasteiger partial charge in [0.1, 0.15) is 5.82 Å². The molecule has 0 saturated carbocycles. The monoisotopic (exact) mass is 287 g/mol. The van der Waals surface area contributed by atoms with Crippen LogP contribution < -0.4 is 4.90 Å². The molecule has 1 atom stereocenters. The highest BCUT2D eigenvalue weighted by molar-refractivity contribution is 5.47. The number of hydrogen-bond donors (Lipinski definition) is 1. The lowest BCUT2D eigenvalue weighted by atomic mass is 10.0. The van der Waals surface area contributed by atoms with Crippen LogP contribution >= 0.6 is 0 Å². The summed E-state index contributed by atoms with van der Waals surface area (Å²) in [5.41, 5.74) is 3.93. The van der Waals surface area contributed by atoms with E-state index in [0.29, 0.717) is 13.1 Å². The average Bonchev–Trinajstić information content (AvgIpc) is 2.47. The first-order valence-electron chi connectivity index (χ1n) is 7.27. The molecule has 0 aliphatic carbocycles. The SMILES string of the molecule is CCN(CC(O)c1cc(C)ccc1C)c1cccc(F)c1. The molecule has 1 N–H and O–H groups in total. The molecule has 3 heteroatoms. The minimum absolute atomic E-state index is 0.257. The van der Waals surface area contributed by atoms with Crippen molar-refractivity contribution in [2.45, 2.75) is 26.9 Å². The standard InChI is InChI=1S/C18H22FNO/c1-4-20(16-7-5-6-15(19)11-16)12-18(21)17-10-13(2)8-9-14(17)3/h5-11,18,21H,4,12H2,1-3H3. The summed E-state index contributed by atoms with van der Waals surface area (Å²) < 4.78 is 13.4. The fourth-order valence-corrected chi connectivity index (χ4v) is 2.52. The summed E-state index contributed by atoms with van der Waals surface area (Å²) in [5.74, 6) is -0.257. The maximum Gasteiger partial charge on any atom is 0.125 e. The van der Waals surface area contributed by atoms with E-state index in [1.165, 1.54) is 12.1 Å². The molecule has 1 unspecified atom stereocenters. The molecule has 0 aliphatic rings. The predicted octanol–water partition coefficient (Wildman–Crippen LogP) is 4.00. The highest BCUT2D eigenvalue weighted by Crippen LogP contribution is 2.23. The summed E-state index contributed by atoms with van der Waals surface area (Å²) in [4.78, 5) is 1.98. The van der Waals surface area contributed by atoms with Gasteiger partial charge in [0.15, 0.2) is 0 Å². The van der Waals surface area contributed by atoms with E-state index in [-0.39, 0.29) is 5.82 Å². The van der Waals surface area contributed by atoms with Crippen molar-refractivity contribution in [1.29, 1.82) is 0 Å². The van der Waals surface area contributed by atoms with Crippen LogP contribution in [0.2, 0.25) is 0 Å². The zero-order valence-electron chi connectivity index (χ0n) is 12.8. The number of aliphatic hydroxyl groups excluding tert-OH is 1. The van der Waals surface area contributed by atoms with Crippen LogP contribution in [0.15, 0.2) is 42.5 Å². The molecule has 0 saturated heterocycles. The third-order valence-electron chi connectivity index (χ3n) is 3.74. The summed E-state index contributed by atoms with van der Waals surface area (Å²) in [5, 5.41) is 10.5. The quantitative estimate of drug-likeness (QED) is 0.898. The maximum atomic E-state index is 13.4. The number of aliphatic hydroxyl groups is 1. The fourth-order valence-electron chi connectivity index (χ4n) is 2.52. The molecule has 2 nitrogen and oxygen atoms in total. The largest absolute Gasteiger partial charge is 0.387 e. The molecule has 2 aromatic carbocycles. The van der Waals surface area contributed by atoms with Gasteiger partial charge in [0.25, 0.3) is 0 Å². The van der Waals surface area contributed by atoms with E-state index in [4.69, 9.17) is 0 Å². The Hall–Kier alpha value is -1.87. The average molecular weight is 287 g/mol. The Kier molecular flexibility index (Phi) is 4.97. The Morgan fingerprint density at radius 2 is 1.90 bits per heavy atom. The van der Waals surface area contributed by atoms with Crippen molar-refractivity contribution in [3.05, 3.63) is 65.0 Å². The van der Waals surface area contributed by atoms with Gasteiger partial charge >= 0.3 is 0 Å². The fraction of sp³-hybridized carbons (Fsp3) is 0.333. The molecule has 0 radical (unpaired) electrons. The molecule has 112 valence electrons. The number of anilines is 1. The van der Waals surface area contributed by atoms with Crippen molar-refractivity contribution >= 4 is 5.69 Å². The van der Waals surface area contributed by atoms with Crippen LogP contribution in [-0.2, 0) is 0 Å². The van der Waals surface area contributed by atoms with E-state index in [1.54, 1.807) is 6.07 Å². The molecule has 0 spiro atoms. The van der Waals surface area contributed by atoms with Gasteiger partial charge in [-0.3, -0.25) is 0 Å². The van der Waals surface area contributed by atoms with Crippen LogP contribution in [0.25, 0.3) is 0 Å². The lowest BCUT2D eigenvalue weighted by Gasteiger charge is -2.27. The minimum atomic E-state index is -0.590. The van der Waals surface area contributed by atoms with Crippen molar-refractivity contribution in [3.63, 3.8) is 0 Å². The topological polar surface area (TPSA) is 23.5 Å². The third-order valence-corrected chi connectivity index (χ3v) is 3.74. The second-order valence-electron chi connectivity index (χ2n) is 5.39. The lowest BCUT2D eigenvalue weighted by molar-refractivity contribution is 0.183. The normalized spacial score (nSPS) is 12.2. The summed E-state index contributed by atoms with van der Waals surface area (Å²) >= 11 is 0. The smallest absolute Gasteiger partial charge is 0.125 e. The Morgan fingerprint density at radius 3 is 2.57 bits per heavy atom. The first-order chi connectivity index (χ1) is 10.0. The predicted molar refractivity (Wildman–Crippen MR) is 85.2 cm³/mol. The Morgan fingerprint density at radius 1 is 1.14 bits per heavy atom. The van der Waals surface area contributed by atoms with Crippen molar-refractivity contribution in [3.8, 4) is 0 Å². The molecule has 0 amide bonds. The first-order valence-corrected chi connectivity index (χ1v) is 7.27. The van der Waals surface area contributed by atoms with Gasteiger partial charge < -0.3 is 10.0 Å². The van der Waals surface area contributed by atoms with Gasteiger partial charge in [-0.15, -0.1) is 0 Å². The van der Waals surface area contributed by atoms with Gasteiger partial charge in [0.2, 0.25) is 0 Å². The first kappa shape index (κ1) is 15.5. The van der Waals surface area contributed by atoms with E-state index < -0.39 is 6.10 Å². The number of aryl methyl sites for hydroxylation is 2. The Labute approximate surface area is 125 Å². The molecule has 0 aromatic heterocycles. The second-order valence-corrected chi connectivity index (χ2v) is 5.39. The molecular weight excluding hydrogens is 265 g/mol. The van der Waals surface area contributed by atoms with E-state index in [0.717, 1.165) is 22.4 Å². The molecule has 0 bridgehead atoms. The summed E-state index contributed by atoms with van der Waals surface area (Å²) in [6.45, 7) is 7.17. The van der Waals surface area contributed by atoms with Gasteiger partial charge in [-0.1, -0.05) is 29.8 Å². The van der Waals surface area contributed by atoms with Gasteiger partial charge in [-0.2, -0.15) is 0 Å². The highest BCUT2D eigenvalue weighted by Gasteiger charge is 2.15. The van der Waals surface area contributed by atoms with Gasteiger partial charge in [0, 0.05) is 18.8 Å². The van der Waals surface area contributed by atoms with Crippen LogP contribution in [0.4, 0.5) is 10.1 Å². The number of rotatable bonds is 5. The summed E-state index contributed by atoms with van der Waals surface area (Å²) in [7, 11) is 0. The Bertz CT molecular complexity index is 612. The van der Waals surface area contributed by atoms with E-state index in [1.807, 2.05) is 49.9 Å². The van der Waals surface area contributed by atoms with E-state index in [2.05, 4.69) is 0 Å². The molecule has 2 rings (SSSR count).